The van der Waals surface area contributed by atoms with Crippen molar-refractivity contribution in [2.75, 3.05) is 29.8 Å². The Balaban J connectivity index is 1.53. The van der Waals surface area contributed by atoms with Gasteiger partial charge in [0, 0.05) is 37.1 Å². The van der Waals surface area contributed by atoms with Crippen LogP contribution < -0.4 is 14.9 Å². The maximum absolute atomic E-state index is 12.5. The third kappa shape index (κ3) is 5.84. The van der Waals surface area contributed by atoms with E-state index in [2.05, 4.69) is 14.9 Å². The van der Waals surface area contributed by atoms with E-state index in [1.54, 1.807) is 36.4 Å². The number of benzene rings is 3. The van der Waals surface area contributed by atoms with Gasteiger partial charge in [0.2, 0.25) is 0 Å². The summed E-state index contributed by atoms with van der Waals surface area (Å²) in [6, 6.07) is 24.6. The second-order valence-corrected chi connectivity index (χ2v) is 8.55. The molecule has 0 aromatic heterocycles. The Morgan fingerprint density at radius 2 is 1.57 bits per heavy atom. The lowest BCUT2D eigenvalue weighted by molar-refractivity contribution is 0.0953. The summed E-state index contributed by atoms with van der Waals surface area (Å²) in [4.78, 5) is 14.7. The summed E-state index contributed by atoms with van der Waals surface area (Å²) >= 11 is 0. The zero-order chi connectivity index (χ0) is 21.4. The van der Waals surface area contributed by atoms with Crippen LogP contribution in [0.15, 0.2) is 89.8 Å². The van der Waals surface area contributed by atoms with Gasteiger partial charge in [0.25, 0.3) is 15.9 Å². The molecule has 0 aliphatic rings. The van der Waals surface area contributed by atoms with Gasteiger partial charge in [0.05, 0.1) is 4.90 Å². The van der Waals surface area contributed by atoms with Gasteiger partial charge in [0.15, 0.2) is 0 Å². The first-order valence-electron chi connectivity index (χ1n) is 9.68. The molecule has 7 heteroatoms. The number of nitrogens with zero attached hydrogens (tertiary/aromatic N) is 1. The van der Waals surface area contributed by atoms with Crippen molar-refractivity contribution < 1.29 is 13.2 Å². The molecule has 0 heterocycles. The fraction of sp³-hybridized carbons (Fsp3) is 0.174. The van der Waals surface area contributed by atoms with Crippen LogP contribution in [0.5, 0.6) is 0 Å². The molecule has 1 amide bonds. The van der Waals surface area contributed by atoms with Crippen molar-refractivity contribution in [2.45, 2.75) is 11.3 Å². The molecule has 0 spiro atoms. The molecule has 3 rings (SSSR count). The summed E-state index contributed by atoms with van der Waals surface area (Å²) in [6.07, 6.45) is 0.789. The fourth-order valence-corrected chi connectivity index (χ4v) is 4.04. The number of sulfonamides is 1. The van der Waals surface area contributed by atoms with E-state index in [1.165, 1.54) is 18.2 Å². The van der Waals surface area contributed by atoms with Crippen LogP contribution in [0.4, 0.5) is 11.4 Å². The van der Waals surface area contributed by atoms with E-state index in [4.69, 9.17) is 0 Å². The zero-order valence-electron chi connectivity index (χ0n) is 16.8. The largest absolute Gasteiger partial charge is 0.375 e. The average Bonchev–Trinajstić information content (AvgIpc) is 2.77. The molecular weight excluding hydrogens is 398 g/mol. The summed E-state index contributed by atoms with van der Waals surface area (Å²) in [6.45, 7) is 1.33. The number of nitrogens with one attached hydrogen (secondary N) is 2. The van der Waals surface area contributed by atoms with Crippen LogP contribution in [0.25, 0.3) is 0 Å². The molecule has 6 nitrogen and oxygen atoms in total. The summed E-state index contributed by atoms with van der Waals surface area (Å²) in [5.41, 5.74) is 1.87. The Labute approximate surface area is 177 Å². The van der Waals surface area contributed by atoms with Gasteiger partial charge < -0.3 is 10.2 Å². The quantitative estimate of drug-likeness (QED) is 0.514. The van der Waals surface area contributed by atoms with E-state index in [9.17, 15) is 13.2 Å². The van der Waals surface area contributed by atoms with Crippen LogP contribution in [0.3, 0.4) is 0 Å². The SMILES string of the molecule is CN(CCCNC(=O)c1cccc(NS(=O)(=O)c2ccccc2)c1)c1ccccc1. The van der Waals surface area contributed by atoms with Crippen LogP contribution in [0.2, 0.25) is 0 Å². The van der Waals surface area contributed by atoms with Crippen LogP contribution in [0, 0.1) is 0 Å². The highest BCUT2D eigenvalue weighted by atomic mass is 32.2. The number of hydrogen-bond donors (Lipinski definition) is 2. The van der Waals surface area contributed by atoms with Gasteiger partial charge in [-0.05, 0) is 48.9 Å². The Hall–Kier alpha value is -3.32. The molecule has 3 aromatic carbocycles. The predicted molar refractivity (Wildman–Crippen MR) is 120 cm³/mol. The molecule has 156 valence electrons. The van der Waals surface area contributed by atoms with Crippen LogP contribution >= 0.6 is 0 Å². The number of hydrogen-bond acceptors (Lipinski definition) is 4. The maximum Gasteiger partial charge on any atom is 0.261 e. The minimum absolute atomic E-state index is 0.169. The number of amides is 1. The third-order valence-corrected chi connectivity index (χ3v) is 5.98. The minimum Gasteiger partial charge on any atom is -0.375 e. The molecule has 0 saturated carbocycles. The minimum atomic E-state index is -3.70. The predicted octanol–water partition coefficient (Wildman–Crippen LogP) is 3.74. The maximum atomic E-state index is 12.5. The number of para-hydroxylation sites is 1. The first-order valence-corrected chi connectivity index (χ1v) is 11.2. The molecule has 2 N–H and O–H groups in total. The van der Waals surface area contributed by atoms with Crippen LogP contribution in [-0.2, 0) is 10.0 Å². The summed E-state index contributed by atoms with van der Waals surface area (Å²) in [7, 11) is -1.69. The second kappa shape index (κ2) is 9.93. The summed E-state index contributed by atoms with van der Waals surface area (Å²) in [5.74, 6) is -0.238. The number of anilines is 2. The lowest BCUT2D eigenvalue weighted by Gasteiger charge is -2.19. The summed E-state index contributed by atoms with van der Waals surface area (Å²) in [5, 5.41) is 2.88. The average molecular weight is 424 g/mol. The highest BCUT2D eigenvalue weighted by Gasteiger charge is 2.14. The monoisotopic (exact) mass is 423 g/mol. The van der Waals surface area contributed by atoms with Gasteiger partial charge in [-0.15, -0.1) is 0 Å². The van der Waals surface area contributed by atoms with E-state index < -0.39 is 10.0 Å². The highest BCUT2D eigenvalue weighted by molar-refractivity contribution is 7.92. The molecule has 0 bridgehead atoms. The molecule has 0 saturated heterocycles. The lowest BCUT2D eigenvalue weighted by Crippen LogP contribution is -2.28. The molecule has 30 heavy (non-hydrogen) atoms. The van der Waals surface area contributed by atoms with Crippen molar-refractivity contribution in [2.24, 2.45) is 0 Å². The molecule has 0 aliphatic heterocycles. The van der Waals surface area contributed by atoms with E-state index in [1.807, 2.05) is 37.4 Å². The van der Waals surface area contributed by atoms with Gasteiger partial charge in [-0.25, -0.2) is 8.42 Å². The van der Waals surface area contributed by atoms with E-state index in [0.29, 0.717) is 17.8 Å². The first kappa shape index (κ1) is 21.4. The third-order valence-electron chi connectivity index (χ3n) is 4.58. The Bertz CT molecular complexity index is 1070. The zero-order valence-corrected chi connectivity index (χ0v) is 17.6. The summed E-state index contributed by atoms with van der Waals surface area (Å²) < 4.78 is 27.4. The van der Waals surface area contributed by atoms with Crippen molar-refractivity contribution >= 4 is 27.3 Å². The van der Waals surface area contributed by atoms with Crippen molar-refractivity contribution in [3.63, 3.8) is 0 Å². The number of carbonyl (C=O) groups is 1. The van der Waals surface area contributed by atoms with Crippen molar-refractivity contribution in [3.05, 3.63) is 90.5 Å². The Morgan fingerprint density at radius 1 is 0.900 bits per heavy atom. The Morgan fingerprint density at radius 3 is 2.27 bits per heavy atom. The van der Waals surface area contributed by atoms with Gasteiger partial charge in [-0.2, -0.15) is 0 Å². The molecule has 0 aliphatic carbocycles. The van der Waals surface area contributed by atoms with E-state index in [0.717, 1.165) is 18.7 Å². The van der Waals surface area contributed by atoms with Gasteiger partial charge in [-0.3, -0.25) is 9.52 Å². The van der Waals surface area contributed by atoms with Gasteiger partial charge in [0.1, 0.15) is 0 Å². The van der Waals surface area contributed by atoms with Crippen molar-refractivity contribution in [1.82, 2.24) is 5.32 Å². The Kier molecular flexibility index (Phi) is 7.08. The number of carbonyl (C=O) groups excluding carboxylic acids is 1. The lowest BCUT2D eigenvalue weighted by atomic mass is 10.2. The van der Waals surface area contributed by atoms with Crippen LogP contribution in [-0.4, -0.2) is 34.5 Å². The number of rotatable bonds is 9. The second-order valence-electron chi connectivity index (χ2n) is 6.87. The molecule has 0 fully saturated rings. The standard InChI is InChI=1S/C23H25N3O3S/c1-26(21-12-4-2-5-13-21)17-9-16-24-23(27)19-10-8-11-20(18-19)25-30(28,29)22-14-6-3-7-15-22/h2-8,10-15,18,25H,9,16-17H2,1H3,(H,24,27). The molecule has 3 aromatic rings. The molecule has 0 unspecified atom stereocenters. The molecule has 0 atom stereocenters. The van der Waals surface area contributed by atoms with Crippen LogP contribution in [0.1, 0.15) is 16.8 Å². The normalized spacial score (nSPS) is 11.0. The van der Waals surface area contributed by atoms with Crippen molar-refractivity contribution in [1.29, 1.82) is 0 Å². The smallest absolute Gasteiger partial charge is 0.261 e. The fourth-order valence-electron chi connectivity index (χ4n) is 2.97. The van der Waals surface area contributed by atoms with Gasteiger partial charge >= 0.3 is 0 Å². The molecular formula is C23H25N3O3S. The molecule has 0 radical (unpaired) electrons. The van der Waals surface area contributed by atoms with Gasteiger partial charge in [-0.1, -0.05) is 42.5 Å². The van der Waals surface area contributed by atoms with E-state index in [-0.39, 0.29) is 10.8 Å². The van der Waals surface area contributed by atoms with Crippen molar-refractivity contribution in [3.8, 4) is 0 Å². The topological polar surface area (TPSA) is 78.5 Å². The first-order chi connectivity index (χ1) is 14.5. The van der Waals surface area contributed by atoms with E-state index >= 15 is 0 Å². The highest BCUT2D eigenvalue weighted by Crippen LogP contribution is 2.17.